The predicted octanol–water partition coefficient (Wildman–Crippen LogP) is 2.03. The Bertz CT molecular complexity index is 292. The maximum absolute atomic E-state index is 9.61. The van der Waals surface area contributed by atoms with Crippen molar-refractivity contribution in [2.24, 2.45) is 5.73 Å². The minimum Gasteiger partial charge on any atom is -0.507 e. The topological polar surface area (TPSA) is 46.2 Å². The number of phenols is 1. The van der Waals surface area contributed by atoms with Crippen molar-refractivity contribution in [1.82, 2.24) is 0 Å². The first kappa shape index (κ1) is 9.07. The van der Waals surface area contributed by atoms with Gasteiger partial charge in [-0.15, -0.1) is 0 Å². The summed E-state index contributed by atoms with van der Waals surface area (Å²) in [7, 11) is 0. The van der Waals surface area contributed by atoms with Crippen molar-refractivity contribution in [1.29, 1.82) is 0 Å². The molecule has 0 aliphatic rings. The number of hydrogen-bond acceptors (Lipinski definition) is 2. The van der Waals surface area contributed by atoms with Crippen LogP contribution in [0.5, 0.6) is 5.75 Å². The molecule has 0 heterocycles. The van der Waals surface area contributed by atoms with Crippen molar-refractivity contribution in [3.8, 4) is 5.75 Å². The minimum atomic E-state index is -0.108. The van der Waals surface area contributed by atoms with Gasteiger partial charge in [0.2, 0.25) is 0 Å². The summed E-state index contributed by atoms with van der Waals surface area (Å²) < 4.78 is 0. The van der Waals surface area contributed by atoms with Crippen molar-refractivity contribution in [3.63, 3.8) is 0 Å². The van der Waals surface area contributed by atoms with E-state index in [9.17, 15) is 5.11 Å². The van der Waals surface area contributed by atoms with E-state index in [4.69, 9.17) is 5.73 Å². The number of nitrogens with two attached hydrogens (primary N) is 1. The zero-order chi connectivity index (χ0) is 9.30. The highest BCUT2D eigenvalue weighted by Gasteiger charge is 2.08. The summed E-state index contributed by atoms with van der Waals surface area (Å²) in [5, 5.41) is 9.61. The van der Waals surface area contributed by atoms with Gasteiger partial charge in [-0.1, -0.05) is 17.7 Å². The van der Waals surface area contributed by atoms with Crippen LogP contribution in [0, 0.1) is 13.8 Å². The minimum absolute atomic E-state index is 0.108. The van der Waals surface area contributed by atoms with Gasteiger partial charge in [-0.05, 0) is 26.3 Å². The molecule has 2 nitrogen and oxygen atoms in total. The molecule has 0 spiro atoms. The van der Waals surface area contributed by atoms with Crippen molar-refractivity contribution in [2.75, 3.05) is 0 Å². The predicted molar refractivity (Wildman–Crippen MR) is 50.2 cm³/mol. The highest BCUT2D eigenvalue weighted by molar-refractivity contribution is 5.43. The third-order valence-electron chi connectivity index (χ3n) is 1.96. The van der Waals surface area contributed by atoms with E-state index in [1.54, 1.807) is 0 Å². The monoisotopic (exact) mass is 165 g/mol. The van der Waals surface area contributed by atoms with E-state index >= 15 is 0 Å². The van der Waals surface area contributed by atoms with Gasteiger partial charge in [0.15, 0.2) is 0 Å². The van der Waals surface area contributed by atoms with Crippen molar-refractivity contribution in [3.05, 3.63) is 28.8 Å². The van der Waals surface area contributed by atoms with Gasteiger partial charge in [-0.2, -0.15) is 0 Å². The number of benzene rings is 1. The molecular formula is C10H15NO. The lowest BCUT2D eigenvalue weighted by atomic mass is 10.0. The second-order valence-corrected chi connectivity index (χ2v) is 3.31. The van der Waals surface area contributed by atoms with Crippen LogP contribution in [0.3, 0.4) is 0 Å². The van der Waals surface area contributed by atoms with Crippen molar-refractivity contribution >= 4 is 0 Å². The maximum atomic E-state index is 9.61. The highest BCUT2D eigenvalue weighted by atomic mass is 16.3. The second-order valence-electron chi connectivity index (χ2n) is 3.31. The molecule has 1 atom stereocenters. The van der Waals surface area contributed by atoms with E-state index in [1.165, 1.54) is 0 Å². The maximum Gasteiger partial charge on any atom is 0.123 e. The molecule has 1 rings (SSSR count). The molecule has 1 unspecified atom stereocenters. The zero-order valence-corrected chi connectivity index (χ0v) is 7.76. The van der Waals surface area contributed by atoms with Gasteiger partial charge in [0.25, 0.3) is 0 Å². The van der Waals surface area contributed by atoms with Crippen molar-refractivity contribution < 1.29 is 5.11 Å². The van der Waals surface area contributed by atoms with Crippen LogP contribution in [0.4, 0.5) is 0 Å². The smallest absolute Gasteiger partial charge is 0.123 e. The summed E-state index contributed by atoms with van der Waals surface area (Å²) in [6.07, 6.45) is 0. The molecule has 0 aromatic heterocycles. The summed E-state index contributed by atoms with van der Waals surface area (Å²) in [5.74, 6) is 0.329. The van der Waals surface area contributed by atoms with Gasteiger partial charge in [-0.25, -0.2) is 0 Å². The van der Waals surface area contributed by atoms with Crippen LogP contribution >= 0.6 is 0 Å². The summed E-state index contributed by atoms with van der Waals surface area (Å²) in [4.78, 5) is 0. The highest BCUT2D eigenvalue weighted by Crippen LogP contribution is 2.27. The van der Waals surface area contributed by atoms with Crippen LogP contribution in [0.1, 0.15) is 29.7 Å². The molecule has 12 heavy (non-hydrogen) atoms. The zero-order valence-electron chi connectivity index (χ0n) is 7.76. The van der Waals surface area contributed by atoms with Crippen LogP contribution in [0.15, 0.2) is 12.1 Å². The number of phenolic OH excluding ortho intramolecular Hbond substituents is 1. The molecule has 0 aliphatic heterocycles. The quantitative estimate of drug-likeness (QED) is 0.668. The second kappa shape index (κ2) is 3.15. The lowest BCUT2D eigenvalue weighted by Gasteiger charge is -2.11. The normalized spacial score (nSPS) is 13.0. The van der Waals surface area contributed by atoms with Gasteiger partial charge in [0.1, 0.15) is 5.75 Å². The van der Waals surface area contributed by atoms with Crippen LogP contribution in [0.25, 0.3) is 0 Å². The van der Waals surface area contributed by atoms with Crippen LogP contribution < -0.4 is 5.73 Å². The molecule has 3 N–H and O–H groups in total. The summed E-state index contributed by atoms with van der Waals surface area (Å²) >= 11 is 0. The van der Waals surface area contributed by atoms with Crippen LogP contribution in [0.2, 0.25) is 0 Å². The third-order valence-corrected chi connectivity index (χ3v) is 1.96. The summed E-state index contributed by atoms with van der Waals surface area (Å²) in [6, 6.07) is 3.76. The Kier molecular flexibility index (Phi) is 2.38. The van der Waals surface area contributed by atoms with Gasteiger partial charge in [0.05, 0.1) is 0 Å². The number of aryl methyl sites for hydroxylation is 2. The fourth-order valence-electron chi connectivity index (χ4n) is 1.34. The molecule has 0 saturated carbocycles. The Morgan fingerprint density at radius 3 is 2.42 bits per heavy atom. The number of rotatable bonds is 1. The molecule has 0 aliphatic carbocycles. The Hall–Kier alpha value is -1.02. The van der Waals surface area contributed by atoms with Crippen molar-refractivity contribution in [2.45, 2.75) is 26.8 Å². The lowest BCUT2D eigenvalue weighted by molar-refractivity contribution is 0.459. The molecule has 0 amide bonds. The molecule has 1 aromatic rings. The van der Waals surface area contributed by atoms with Crippen LogP contribution in [-0.4, -0.2) is 5.11 Å². The van der Waals surface area contributed by atoms with Crippen LogP contribution in [-0.2, 0) is 0 Å². The first-order valence-corrected chi connectivity index (χ1v) is 4.08. The summed E-state index contributed by atoms with van der Waals surface area (Å²) in [5.41, 5.74) is 8.55. The summed E-state index contributed by atoms with van der Waals surface area (Å²) in [6.45, 7) is 5.75. The molecule has 0 radical (unpaired) electrons. The van der Waals surface area contributed by atoms with Gasteiger partial charge in [0, 0.05) is 11.6 Å². The third kappa shape index (κ3) is 1.59. The number of aromatic hydroxyl groups is 1. The standard InChI is InChI=1S/C10H15NO/c1-6-4-7(2)10(12)9(5-6)8(3)11/h4-5,8,12H,11H2,1-3H3. The average Bonchev–Trinajstić information content (AvgIpc) is 1.96. The largest absolute Gasteiger partial charge is 0.507 e. The van der Waals surface area contributed by atoms with E-state index in [0.717, 1.165) is 16.7 Å². The fourth-order valence-corrected chi connectivity index (χ4v) is 1.34. The Morgan fingerprint density at radius 1 is 1.33 bits per heavy atom. The SMILES string of the molecule is Cc1cc(C)c(O)c(C(C)N)c1. The Morgan fingerprint density at radius 2 is 1.92 bits per heavy atom. The molecular weight excluding hydrogens is 150 g/mol. The van der Waals surface area contributed by atoms with E-state index in [-0.39, 0.29) is 6.04 Å². The average molecular weight is 165 g/mol. The van der Waals surface area contributed by atoms with Gasteiger partial charge >= 0.3 is 0 Å². The van der Waals surface area contributed by atoms with E-state index < -0.39 is 0 Å². The van der Waals surface area contributed by atoms with E-state index in [0.29, 0.717) is 5.75 Å². The lowest BCUT2D eigenvalue weighted by Crippen LogP contribution is -2.06. The Balaban J connectivity index is 3.28. The number of hydrogen-bond donors (Lipinski definition) is 2. The molecule has 0 saturated heterocycles. The molecule has 1 aromatic carbocycles. The van der Waals surface area contributed by atoms with Gasteiger partial charge < -0.3 is 10.8 Å². The molecule has 0 fully saturated rings. The fraction of sp³-hybridized carbons (Fsp3) is 0.400. The van der Waals surface area contributed by atoms with Gasteiger partial charge in [-0.3, -0.25) is 0 Å². The first-order valence-electron chi connectivity index (χ1n) is 4.08. The molecule has 66 valence electrons. The van der Waals surface area contributed by atoms with E-state index in [1.807, 2.05) is 32.9 Å². The molecule has 2 heteroatoms. The first-order chi connectivity index (χ1) is 5.52. The molecule has 0 bridgehead atoms. The Labute approximate surface area is 73.0 Å². The van der Waals surface area contributed by atoms with E-state index in [2.05, 4.69) is 0 Å².